The minimum Gasteiger partial charge on any atom is -0.378 e. The molecule has 0 radical (unpaired) electrons. The van der Waals surface area contributed by atoms with Crippen LogP contribution in [0, 0.1) is 0 Å². The van der Waals surface area contributed by atoms with Crippen molar-refractivity contribution in [1.29, 1.82) is 0 Å². The van der Waals surface area contributed by atoms with Crippen molar-refractivity contribution in [2.45, 2.75) is 26.2 Å². The molecule has 3 rings (SSSR count). The van der Waals surface area contributed by atoms with Crippen LogP contribution in [0.15, 0.2) is 10.3 Å². The van der Waals surface area contributed by atoms with E-state index in [0.717, 1.165) is 42.2 Å². The van der Waals surface area contributed by atoms with Gasteiger partial charge in [0, 0.05) is 37.1 Å². The van der Waals surface area contributed by atoms with Gasteiger partial charge in [-0.1, -0.05) is 6.92 Å². The number of rotatable bonds is 4. The Morgan fingerprint density at radius 1 is 1.38 bits per heavy atom. The van der Waals surface area contributed by atoms with Gasteiger partial charge in [-0.05, 0) is 28.4 Å². The van der Waals surface area contributed by atoms with E-state index in [0.29, 0.717) is 30.8 Å². The lowest BCUT2D eigenvalue weighted by atomic mass is 10.1. The second kappa shape index (κ2) is 6.23. The average Bonchev–Trinajstić information content (AvgIpc) is 2.91. The molecular weight excluding hydrogens is 334 g/mol. The third-order valence-corrected chi connectivity index (χ3v) is 4.17. The molecule has 0 spiro atoms. The highest BCUT2D eigenvalue weighted by atomic mass is 79.9. The standard InChI is InChI=1S/C15H18BrN3O2/c1-2-3-13(20)10-8-11-12(9-10)17-15(16)18-14(11)19-4-6-21-7-5-19/h9H,2-8H2,1H3. The smallest absolute Gasteiger partial charge is 0.199 e. The molecule has 1 aliphatic carbocycles. The van der Waals surface area contributed by atoms with Gasteiger partial charge in [-0.25, -0.2) is 9.97 Å². The number of morpholine rings is 1. The van der Waals surface area contributed by atoms with Gasteiger partial charge in [0.25, 0.3) is 0 Å². The van der Waals surface area contributed by atoms with Gasteiger partial charge in [-0.3, -0.25) is 4.79 Å². The molecule has 2 aliphatic rings. The minimum absolute atomic E-state index is 0.222. The van der Waals surface area contributed by atoms with Crippen LogP contribution in [0.5, 0.6) is 0 Å². The fourth-order valence-electron chi connectivity index (χ4n) is 2.76. The molecule has 0 saturated carbocycles. The van der Waals surface area contributed by atoms with Gasteiger partial charge < -0.3 is 9.64 Å². The number of anilines is 1. The predicted octanol–water partition coefficient (Wildman–Crippen LogP) is 2.38. The van der Waals surface area contributed by atoms with E-state index in [4.69, 9.17) is 4.74 Å². The van der Waals surface area contributed by atoms with Crippen LogP contribution in [0.4, 0.5) is 5.82 Å². The molecule has 1 aromatic rings. The van der Waals surface area contributed by atoms with Crippen molar-refractivity contribution in [3.05, 3.63) is 21.6 Å². The van der Waals surface area contributed by atoms with Gasteiger partial charge in [0.05, 0.1) is 18.9 Å². The molecule has 0 atom stereocenters. The van der Waals surface area contributed by atoms with Crippen LogP contribution in [0.2, 0.25) is 0 Å². The Kier molecular flexibility index (Phi) is 4.35. The summed E-state index contributed by atoms with van der Waals surface area (Å²) in [4.78, 5) is 23.3. The van der Waals surface area contributed by atoms with Crippen LogP contribution in [0.3, 0.4) is 0 Å². The number of Topliss-reactive ketones (excluding diaryl/α,β-unsaturated/α-hetero) is 1. The van der Waals surface area contributed by atoms with Crippen LogP contribution in [-0.4, -0.2) is 42.1 Å². The van der Waals surface area contributed by atoms with E-state index in [1.807, 2.05) is 13.0 Å². The number of aromatic nitrogens is 2. The predicted molar refractivity (Wildman–Crippen MR) is 84.4 cm³/mol. The molecule has 0 amide bonds. The first-order chi connectivity index (χ1) is 10.2. The number of hydrogen-bond donors (Lipinski definition) is 0. The first-order valence-corrected chi connectivity index (χ1v) is 8.11. The molecule has 1 saturated heterocycles. The molecule has 112 valence electrons. The first-order valence-electron chi connectivity index (χ1n) is 7.32. The van der Waals surface area contributed by atoms with Crippen molar-refractivity contribution in [3.63, 3.8) is 0 Å². The van der Waals surface area contributed by atoms with Crippen molar-refractivity contribution < 1.29 is 9.53 Å². The topological polar surface area (TPSA) is 55.3 Å². The van der Waals surface area contributed by atoms with Gasteiger partial charge in [-0.2, -0.15) is 0 Å². The van der Waals surface area contributed by atoms with Gasteiger partial charge in [0.2, 0.25) is 0 Å². The molecule has 0 bridgehead atoms. The van der Waals surface area contributed by atoms with Crippen LogP contribution in [-0.2, 0) is 16.0 Å². The molecule has 0 N–H and O–H groups in total. The molecule has 0 aromatic carbocycles. The summed E-state index contributed by atoms with van der Waals surface area (Å²) in [7, 11) is 0. The van der Waals surface area contributed by atoms with Crippen molar-refractivity contribution >= 4 is 33.6 Å². The number of carbonyl (C=O) groups is 1. The normalized spacial score (nSPS) is 17.6. The Bertz CT molecular complexity index is 595. The van der Waals surface area contributed by atoms with Crippen molar-refractivity contribution in [2.24, 2.45) is 0 Å². The highest BCUT2D eigenvalue weighted by Crippen LogP contribution is 2.33. The van der Waals surface area contributed by atoms with Gasteiger partial charge in [-0.15, -0.1) is 0 Å². The fraction of sp³-hybridized carbons (Fsp3) is 0.533. The monoisotopic (exact) mass is 351 g/mol. The maximum atomic E-state index is 12.1. The fourth-order valence-corrected chi connectivity index (χ4v) is 3.12. The lowest BCUT2D eigenvalue weighted by Crippen LogP contribution is -2.37. The zero-order valence-corrected chi connectivity index (χ0v) is 13.6. The summed E-state index contributed by atoms with van der Waals surface area (Å²) in [6.45, 7) is 5.11. The van der Waals surface area contributed by atoms with E-state index < -0.39 is 0 Å². The third kappa shape index (κ3) is 3.01. The van der Waals surface area contributed by atoms with Crippen LogP contribution in [0.1, 0.15) is 31.0 Å². The van der Waals surface area contributed by atoms with E-state index >= 15 is 0 Å². The number of carbonyl (C=O) groups excluding carboxylic acids is 1. The number of halogens is 1. The summed E-state index contributed by atoms with van der Waals surface area (Å²) in [5.41, 5.74) is 2.80. The second-order valence-corrected chi connectivity index (χ2v) is 6.01. The summed E-state index contributed by atoms with van der Waals surface area (Å²) >= 11 is 3.38. The highest BCUT2D eigenvalue weighted by Gasteiger charge is 2.26. The summed E-state index contributed by atoms with van der Waals surface area (Å²) in [6.07, 6.45) is 4.04. The molecule has 6 heteroatoms. The number of hydrogen-bond acceptors (Lipinski definition) is 5. The second-order valence-electron chi connectivity index (χ2n) is 5.30. The number of fused-ring (bicyclic) bond motifs is 1. The van der Waals surface area contributed by atoms with E-state index in [9.17, 15) is 4.79 Å². The third-order valence-electron chi connectivity index (χ3n) is 3.81. The quantitative estimate of drug-likeness (QED) is 0.779. The molecule has 2 heterocycles. The zero-order valence-electron chi connectivity index (χ0n) is 12.1. The molecule has 0 unspecified atom stereocenters. The molecular formula is C15H18BrN3O2. The molecule has 1 aliphatic heterocycles. The van der Waals surface area contributed by atoms with Crippen LogP contribution < -0.4 is 4.90 Å². The summed E-state index contributed by atoms with van der Waals surface area (Å²) < 4.78 is 5.97. The van der Waals surface area contributed by atoms with E-state index in [-0.39, 0.29) is 5.78 Å². The zero-order chi connectivity index (χ0) is 14.8. The number of ketones is 1. The maximum absolute atomic E-state index is 12.1. The van der Waals surface area contributed by atoms with Gasteiger partial charge >= 0.3 is 0 Å². The summed E-state index contributed by atoms with van der Waals surface area (Å²) in [5, 5.41) is 0. The largest absolute Gasteiger partial charge is 0.378 e. The van der Waals surface area contributed by atoms with Crippen molar-refractivity contribution in [2.75, 3.05) is 31.2 Å². The van der Waals surface area contributed by atoms with E-state index in [2.05, 4.69) is 30.8 Å². The Balaban J connectivity index is 1.90. The Hall–Kier alpha value is -1.27. The minimum atomic E-state index is 0.222. The molecule has 1 fully saturated rings. The Morgan fingerprint density at radius 2 is 2.14 bits per heavy atom. The van der Waals surface area contributed by atoms with Crippen molar-refractivity contribution in [1.82, 2.24) is 9.97 Å². The lowest BCUT2D eigenvalue weighted by Gasteiger charge is -2.29. The molecule has 5 nitrogen and oxygen atoms in total. The maximum Gasteiger partial charge on any atom is 0.199 e. The average molecular weight is 352 g/mol. The number of allylic oxidation sites excluding steroid dienone is 1. The van der Waals surface area contributed by atoms with E-state index in [1.54, 1.807) is 0 Å². The highest BCUT2D eigenvalue weighted by molar-refractivity contribution is 9.10. The van der Waals surface area contributed by atoms with E-state index in [1.165, 1.54) is 0 Å². The molecule has 21 heavy (non-hydrogen) atoms. The number of ether oxygens (including phenoxy) is 1. The Morgan fingerprint density at radius 3 is 2.86 bits per heavy atom. The molecule has 1 aromatic heterocycles. The number of nitrogens with zero attached hydrogens (tertiary/aromatic N) is 3. The first kappa shape index (κ1) is 14.7. The van der Waals surface area contributed by atoms with Crippen molar-refractivity contribution in [3.8, 4) is 0 Å². The summed E-state index contributed by atoms with van der Waals surface area (Å²) in [5.74, 6) is 1.16. The Labute approximate surface area is 132 Å². The summed E-state index contributed by atoms with van der Waals surface area (Å²) in [6, 6.07) is 0. The van der Waals surface area contributed by atoms with Gasteiger partial charge in [0.1, 0.15) is 5.82 Å². The van der Waals surface area contributed by atoms with Crippen LogP contribution in [0.25, 0.3) is 6.08 Å². The SMILES string of the molecule is CCCC(=O)C1=Cc2nc(Br)nc(N3CCOCC3)c2C1. The lowest BCUT2D eigenvalue weighted by molar-refractivity contribution is -0.115. The van der Waals surface area contributed by atoms with Crippen LogP contribution >= 0.6 is 15.9 Å². The van der Waals surface area contributed by atoms with Gasteiger partial charge in [0.15, 0.2) is 10.5 Å².